The van der Waals surface area contributed by atoms with Crippen LogP contribution >= 0.6 is 0 Å². The number of fused-ring (bicyclic) bond motifs is 1. The maximum Gasteiger partial charge on any atom is 0.201 e. The molecule has 6 nitrogen and oxygen atoms in total. The van der Waals surface area contributed by atoms with E-state index in [2.05, 4.69) is 4.98 Å². The standard InChI is InChI=1S/C13H19N3O3S/c1-3-8-19-11-6-4-5-10-12(11)15-13(14)16(10)7-9-20(2,17)18/h4-6H,3,7-9H2,1-2H3,(H2,14,15). The van der Waals surface area contributed by atoms with Gasteiger partial charge in [0.15, 0.2) is 0 Å². The first-order chi connectivity index (χ1) is 9.42. The molecule has 2 rings (SSSR count). The number of aryl methyl sites for hydroxylation is 1. The van der Waals surface area contributed by atoms with Gasteiger partial charge < -0.3 is 15.0 Å². The molecule has 1 aromatic carbocycles. The van der Waals surface area contributed by atoms with Crippen LogP contribution in [0.3, 0.4) is 0 Å². The highest BCUT2D eigenvalue weighted by Gasteiger charge is 2.13. The van der Waals surface area contributed by atoms with E-state index in [4.69, 9.17) is 10.5 Å². The summed E-state index contributed by atoms with van der Waals surface area (Å²) in [5.74, 6) is 1.01. The average molecular weight is 297 g/mol. The second-order valence-corrected chi connectivity index (χ2v) is 6.98. The van der Waals surface area contributed by atoms with Crippen LogP contribution in [0.1, 0.15) is 13.3 Å². The first-order valence-corrected chi connectivity index (χ1v) is 8.53. The molecule has 20 heavy (non-hydrogen) atoms. The zero-order valence-electron chi connectivity index (χ0n) is 11.7. The van der Waals surface area contributed by atoms with E-state index in [1.165, 1.54) is 6.26 Å². The molecule has 0 aliphatic heterocycles. The van der Waals surface area contributed by atoms with Crippen molar-refractivity contribution in [1.82, 2.24) is 9.55 Å². The summed E-state index contributed by atoms with van der Waals surface area (Å²) in [5, 5.41) is 0. The number of hydrogen-bond acceptors (Lipinski definition) is 5. The minimum Gasteiger partial charge on any atom is -0.491 e. The first kappa shape index (κ1) is 14.6. The van der Waals surface area contributed by atoms with Gasteiger partial charge in [-0.1, -0.05) is 13.0 Å². The van der Waals surface area contributed by atoms with Crippen LogP contribution in [-0.4, -0.2) is 36.6 Å². The Labute approximate surface area is 118 Å². The smallest absolute Gasteiger partial charge is 0.201 e. The minimum absolute atomic E-state index is 0.0305. The van der Waals surface area contributed by atoms with Crippen molar-refractivity contribution >= 4 is 26.8 Å². The lowest BCUT2D eigenvalue weighted by atomic mass is 10.3. The molecule has 0 fully saturated rings. The number of para-hydroxylation sites is 1. The number of benzene rings is 1. The van der Waals surface area contributed by atoms with Crippen LogP contribution in [0.5, 0.6) is 5.75 Å². The van der Waals surface area contributed by atoms with Crippen molar-refractivity contribution in [3.05, 3.63) is 18.2 Å². The van der Waals surface area contributed by atoms with Gasteiger partial charge in [-0.3, -0.25) is 0 Å². The quantitative estimate of drug-likeness (QED) is 0.872. The maximum absolute atomic E-state index is 11.3. The van der Waals surface area contributed by atoms with Gasteiger partial charge in [0.05, 0.1) is 17.9 Å². The Morgan fingerprint density at radius 1 is 1.40 bits per heavy atom. The lowest BCUT2D eigenvalue weighted by molar-refractivity contribution is 0.320. The van der Waals surface area contributed by atoms with Crippen molar-refractivity contribution in [2.45, 2.75) is 19.9 Å². The first-order valence-electron chi connectivity index (χ1n) is 6.47. The molecule has 0 amide bonds. The number of nitrogens with zero attached hydrogens (tertiary/aromatic N) is 2. The van der Waals surface area contributed by atoms with E-state index in [-0.39, 0.29) is 5.75 Å². The van der Waals surface area contributed by atoms with Crippen molar-refractivity contribution in [3.63, 3.8) is 0 Å². The second kappa shape index (κ2) is 5.70. The molecule has 110 valence electrons. The number of nitrogen functional groups attached to an aromatic ring is 1. The Hall–Kier alpha value is -1.76. The van der Waals surface area contributed by atoms with Crippen LogP contribution in [0.2, 0.25) is 0 Å². The number of aromatic nitrogens is 2. The van der Waals surface area contributed by atoms with Gasteiger partial charge in [0, 0.05) is 12.8 Å². The van der Waals surface area contributed by atoms with Gasteiger partial charge in [0.1, 0.15) is 21.1 Å². The Morgan fingerprint density at radius 2 is 2.15 bits per heavy atom. The highest BCUT2D eigenvalue weighted by atomic mass is 32.2. The number of nitrogens with two attached hydrogens (primary N) is 1. The number of sulfone groups is 1. The van der Waals surface area contributed by atoms with E-state index in [0.29, 0.717) is 30.4 Å². The van der Waals surface area contributed by atoms with Crippen LogP contribution in [0.15, 0.2) is 18.2 Å². The number of imidazole rings is 1. The summed E-state index contributed by atoms with van der Waals surface area (Å²) in [6, 6.07) is 5.55. The summed E-state index contributed by atoms with van der Waals surface area (Å²) < 4.78 is 29.9. The molecule has 0 atom stereocenters. The van der Waals surface area contributed by atoms with Gasteiger partial charge in [-0.25, -0.2) is 13.4 Å². The molecule has 0 saturated heterocycles. The van der Waals surface area contributed by atoms with Gasteiger partial charge in [0.25, 0.3) is 0 Å². The number of anilines is 1. The van der Waals surface area contributed by atoms with Crippen LogP contribution in [0.4, 0.5) is 5.95 Å². The van der Waals surface area contributed by atoms with Crippen molar-refractivity contribution in [1.29, 1.82) is 0 Å². The summed E-state index contributed by atoms with van der Waals surface area (Å²) in [6.45, 7) is 2.92. The Balaban J connectivity index is 2.38. The van der Waals surface area contributed by atoms with Crippen molar-refractivity contribution in [2.75, 3.05) is 24.3 Å². The molecular weight excluding hydrogens is 278 g/mol. The molecule has 1 aromatic heterocycles. The number of rotatable bonds is 6. The zero-order valence-corrected chi connectivity index (χ0v) is 12.5. The SMILES string of the molecule is CCCOc1cccc2c1nc(N)n2CCS(C)(=O)=O. The Morgan fingerprint density at radius 3 is 2.80 bits per heavy atom. The maximum atomic E-state index is 11.3. The van der Waals surface area contributed by atoms with Crippen LogP contribution in [0.25, 0.3) is 11.0 Å². The molecule has 0 radical (unpaired) electrons. The lowest BCUT2D eigenvalue weighted by Gasteiger charge is -2.07. The van der Waals surface area contributed by atoms with Gasteiger partial charge >= 0.3 is 0 Å². The predicted octanol–water partition coefficient (Wildman–Crippen LogP) is 1.45. The molecule has 0 bridgehead atoms. The number of ether oxygens (including phenoxy) is 1. The lowest BCUT2D eigenvalue weighted by Crippen LogP contribution is -2.12. The van der Waals surface area contributed by atoms with Gasteiger partial charge in [0.2, 0.25) is 5.95 Å². The third kappa shape index (κ3) is 3.22. The third-order valence-electron chi connectivity index (χ3n) is 2.92. The molecule has 2 N–H and O–H groups in total. The number of hydrogen-bond donors (Lipinski definition) is 1. The fraction of sp³-hybridized carbons (Fsp3) is 0.462. The third-order valence-corrected chi connectivity index (χ3v) is 3.84. The minimum atomic E-state index is -3.05. The van der Waals surface area contributed by atoms with E-state index >= 15 is 0 Å². The zero-order chi connectivity index (χ0) is 14.8. The molecule has 0 unspecified atom stereocenters. The monoisotopic (exact) mass is 297 g/mol. The summed E-state index contributed by atoms with van der Waals surface area (Å²) in [5.41, 5.74) is 7.35. The normalized spacial score (nSPS) is 11.9. The Kier molecular flexibility index (Phi) is 4.17. The van der Waals surface area contributed by atoms with Crippen LogP contribution in [-0.2, 0) is 16.4 Å². The predicted molar refractivity (Wildman–Crippen MR) is 79.6 cm³/mol. The molecule has 2 aromatic rings. The van der Waals surface area contributed by atoms with Crippen LogP contribution in [0, 0.1) is 0 Å². The molecule has 1 heterocycles. The molecule has 0 aliphatic carbocycles. The molecular formula is C13H19N3O3S. The summed E-state index contributed by atoms with van der Waals surface area (Å²) in [7, 11) is -3.05. The van der Waals surface area contributed by atoms with E-state index in [1.807, 2.05) is 25.1 Å². The topological polar surface area (TPSA) is 87.2 Å². The molecule has 0 aliphatic rings. The fourth-order valence-corrected chi connectivity index (χ4v) is 2.47. The van der Waals surface area contributed by atoms with E-state index in [9.17, 15) is 8.42 Å². The van der Waals surface area contributed by atoms with E-state index in [1.54, 1.807) is 4.57 Å². The molecule has 0 spiro atoms. The highest BCUT2D eigenvalue weighted by molar-refractivity contribution is 7.90. The second-order valence-electron chi connectivity index (χ2n) is 4.72. The molecule has 7 heteroatoms. The van der Waals surface area contributed by atoms with Crippen molar-refractivity contribution < 1.29 is 13.2 Å². The van der Waals surface area contributed by atoms with E-state index < -0.39 is 9.84 Å². The molecule has 0 saturated carbocycles. The summed E-state index contributed by atoms with van der Waals surface area (Å²) in [6.07, 6.45) is 2.11. The fourth-order valence-electron chi connectivity index (χ4n) is 1.96. The summed E-state index contributed by atoms with van der Waals surface area (Å²) in [4.78, 5) is 4.29. The highest BCUT2D eigenvalue weighted by Crippen LogP contribution is 2.27. The van der Waals surface area contributed by atoms with E-state index in [0.717, 1.165) is 11.9 Å². The van der Waals surface area contributed by atoms with Crippen LogP contribution < -0.4 is 10.5 Å². The average Bonchev–Trinajstić information content (AvgIpc) is 2.69. The summed E-state index contributed by atoms with van der Waals surface area (Å²) >= 11 is 0. The van der Waals surface area contributed by atoms with Crippen molar-refractivity contribution in [2.24, 2.45) is 0 Å². The van der Waals surface area contributed by atoms with Gasteiger partial charge in [-0.15, -0.1) is 0 Å². The van der Waals surface area contributed by atoms with Gasteiger partial charge in [-0.05, 0) is 18.6 Å². The van der Waals surface area contributed by atoms with Crippen molar-refractivity contribution in [3.8, 4) is 5.75 Å². The largest absolute Gasteiger partial charge is 0.491 e. The van der Waals surface area contributed by atoms with Gasteiger partial charge in [-0.2, -0.15) is 0 Å². The Bertz CT molecular complexity index is 707.